The van der Waals surface area contributed by atoms with Crippen molar-refractivity contribution in [3.63, 3.8) is 0 Å². The molecule has 7 heteroatoms. The van der Waals surface area contributed by atoms with Crippen LogP contribution in [0.15, 0.2) is 24.3 Å². The number of carbonyl (C=O) groups is 2. The van der Waals surface area contributed by atoms with Gasteiger partial charge in [-0.1, -0.05) is 12.1 Å². The van der Waals surface area contributed by atoms with Crippen LogP contribution in [0.5, 0.6) is 0 Å². The van der Waals surface area contributed by atoms with Crippen LogP contribution in [0.4, 0.5) is 14.9 Å². The zero-order chi connectivity index (χ0) is 19.5. The predicted octanol–water partition coefficient (Wildman–Crippen LogP) is 3.24. The van der Waals surface area contributed by atoms with Crippen molar-refractivity contribution in [2.45, 2.75) is 50.6 Å². The van der Waals surface area contributed by atoms with E-state index in [0.717, 1.165) is 38.5 Å². The Hall–Kier alpha value is -2.15. The molecular formula is C21H28FN3O3. The summed E-state index contributed by atoms with van der Waals surface area (Å²) < 4.78 is 19.3. The Balaban J connectivity index is 1.36. The summed E-state index contributed by atoms with van der Waals surface area (Å²) in [6.07, 6.45) is 5.32. The summed E-state index contributed by atoms with van der Waals surface area (Å²) in [6, 6.07) is 6.32. The second-order valence-electron chi connectivity index (χ2n) is 7.99. The van der Waals surface area contributed by atoms with Crippen LogP contribution in [-0.4, -0.2) is 60.1 Å². The number of urea groups is 1. The lowest BCUT2D eigenvalue weighted by Crippen LogP contribution is -2.54. The Labute approximate surface area is 165 Å². The Morgan fingerprint density at radius 1 is 1.00 bits per heavy atom. The van der Waals surface area contributed by atoms with E-state index in [1.54, 1.807) is 23.1 Å². The highest BCUT2D eigenvalue weighted by Gasteiger charge is 2.41. The number of hydrogen-bond acceptors (Lipinski definition) is 3. The third kappa shape index (κ3) is 4.29. The number of halogens is 1. The summed E-state index contributed by atoms with van der Waals surface area (Å²) in [5.74, 6) is 0.0536. The number of carbonyl (C=O) groups excluding carboxylic acids is 2. The van der Waals surface area contributed by atoms with Gasteiger partial charge in [0.2, 0.25) is 5.91 Å². The number of nitrogens with one attached hydrogen (secondary N) is 1. The van der Waals surface area contributed by atoms with Gasteiger partial charge in [0.05, 0.1) is 5.69 Å². The fourth-order valence-corrected chi connectivity index (χ4v) is 4.27. The van der Waals surface area contributed by atoms with E-state index in [2.05, 4.69) is 10.2 Å². The molecule has 0 aromatic heterocycles. The van der Waals surface area contributed by atoms with Gasteiger partial charge in [0.25, 0.3) is 0 Å². The molecule has 1 aliphatic carbocycles. The summed E-state index contributed by atoms with van der Waals surface area (Å²) in [6.45, 7) is 2.57. The van der Waals surface area contributed by atoms with Crippen LogP contribution >= 0.6 is 0 Å². The Kier molecular flexibility index (Phi) is 5.80. The topological polar surface area (TPSA) is 61.9 Å². The van der Waals surface area contributed by atoms with Crippen LogP contribution in [0.3, 0.4) is 0 Å². The minimum Gasteiger partial charge on any atom is -0.381 e. The number of piperidine rings is 1. The van der Waals surface area contributed by atoms with Gasteiger partial charge in [-0.25, -0.2) is 9.18 Å². The number of amides is 3. The van der Waals surface area contributed by atoms with E-state index in [-0.39, 0.29) is 29.7 Å². The van der Waals surface area contributed by atoms with Gasteiger partial charge < -0.3 is 19.9 Å². The van der Waals surface area contributed by atoms with E-state index < -0.39 is 5.82 Å². The first-order chi connectivity index (χ1) is 13.6. The van der Waals surface area contributed by atoms with Crippen molar-refractivity contribution in [1.29, 1.82) is 0 Å². The number of nitrogens with zero attached hydrogens (tertiary/aromatic N) is 2. The lowest BCUT2D eigenvalue weighted by atomic mass is 9.97. The monoisotopic (exact) mass is 389 g/mol. The maximum atomic E-state index is 13.8. The summed E-state index contributed by atoms with van der Waals surface area (Å²) in [4.78, 5) is 29.3. The molecular weight excluding hydrogens is 361 g/mol. The van der Waals surface area contributed by atoms with Gasteiger partial charge in [-0.15, -0.1) is 0 Å². The molecule has 152 valence electrons. The largest absolute Gasteiger partial charge is 0.381 e. The number of likely N-dealkylation sites (tertiary alicyclic amines) is 1. The summed E-state index contributed by atoms with van der Waals surface area (Å²) in [7, 11) is 0. The first-order valence-corrected chi connectivity index (χ1v) is 10.3. The maximum absolute atomic E-state index is 13.8. The van der Waals surface area contributed by atoms with Crippen molar-refractivity contribution in [1.82, 2.24) is 9.80 Å². The fraction of sp³-hybridized carbons (Fsp3) is 0.619. The number of ether oxygens (including phenoxy) is 1. The first-order valence-electron chi connectivity index (χ1n) is 10.3. The van der Waals surface area contributed by atoms with Crippen LogP contribution in [0, 0.1) is 11.7 Å². The second-order valence-corrected chi connectivity index (χ2v) is 7.99. The molecule has 4 rings (SSSR count). The molecule has 3 amide bonds. The second kappa shape index (κ2) is 8.47. The Bertz CT molecular complexity index is 711. The molecule has 1 aromatic rings. The van der Waals surface area contributed by atoms with E-state index in [1.165, 1.54) is 6.07 Å². The summed E-state index contributed by atoms with van der Waals surface area (Å²) in [5, 5.41) is 2.65. The first kappa shape index (κ1) is 19.2. The molecule has 1 saturated carbocycles. The number of benzene rings is 1. The van der Waals surface area contributed by atoms with Crippen molar-refractivity contribution in [2.75, 3.05) is 31.6 Å². The molecule has 28 heavy (non-hydrogen) atoms. The van der Waals surface area contributed by atoms with Crippen LogP contribution in [-0.2, 0) is 9.53 Å². The number of anilines is 1. The van der Waals surface area contributed by atoms with Crippen molar-refractivity contribution in [2.24, 2.45) is 5.92 Å². The fourth-order valence-electron chi connectivity index (χ4n) is 4.27. The summed E-state index contributed by atoms with van der Waals surface area (Å²) >= 11 is 0. The molecule has 2 heterocycles. The molecule has 3 fully saturated rings. The van der Waals surface area contributed by atoms with Crippen LogP contribution in [0.25, 0.3) is 0 Å². The smallest absolute Gasteiger partial charge is 0.321 e. The SMILES string of the molecule is O=C(Nc1ccccc1F)N1CCC(N(C(=O)C2CC2)C2CCOCC2)CC1. The molecule has 0 bridgehead atoms. The zero-order valence-corrected chi connectivity index (χ0v) is 16.1. The normalized spacial score (nSPS) is 21.4. The van der Waals surface area contributed by atoms with Gasteiger partial charge in [-0.2, -0.15) is 0 Å². The molecule has 0 unspecified atom stereocenters. The highest BCUT2D eigenvalue weighted by atomic mass is 19.1. The summed E-state index contributed by atoms with van der Waals surface area (Å²) in [5.41, 5.74) is 0.197. The van der Waals surface area contributed by atoms with Gasteiger partial charge >= 0.3 is 6.03 Å². The molecule has 0 spiro atoms. The Morgan fingerprint density at radius 2 is 1.64 bits per heavy atom. The average molecular weight is 389 g/mol. The van der Waals surface area contributed by atoms with Crippen molar-refractivity contribution in [3.05, 3.63) is 30.1 Å². The van der Waals surface area contributed by atoms with E-state index in [0.29, 0.717) is 32.2 Å². The molecule has 0 radical (unpaired) electrons. The molecule has 1 N–H and O–H groups in total. The molecule has 6 nitrogen and oxygen atoms in total. The van der Waals surface area contributed by atoms with Crippen LogP contribution in [0.1, 0.15) is 38.5 Å². The molecule has 2 saturated heterocycles. The van der Waals surface area contributed by atoms with Gasteiger partial charge in [0.1, 0.15) is 5.82 Å². The highest BCUT2D eigenvalue weighted by Crippen LogP contribution is 2.35. The Morgan fingerprint density at radius 3 is 2.29 bits per heavy atom. The molecule has 2 aliphatic heterocycles. The zero-order valence-electron chi connectivity index (χ0n) is 16.1. The van der Waals surface area contributed by atoms with Gasteiger partial charge in [0, 0.05) is 44.3 Å². The van der Waals surface area contributed by atoms with Crippen molar-refractivity contribution in [3.8, 4) is 0 Å². The van der Waals surface area contributed by atoms with Gasteiger partial charge in [0.15, 0.2) is 0 Å². The van der Waals surface area contributed by atoms with E-state index in [4.69, 9.17) is 4.74 Å². The molecule has 1 aromatic carbocycles. The van der Waals surface area contributed by atoms with Crippen molar-refractivity contribution >= 4 is 17.6 Å². The van der Waals surface area contributed by atoms with E-state index in [9.17, 15) is 14.0 Å². The third-order valence-electron chi connectivity index (χ3n) is 6.03. The average Bonchev–Trinajstić information content (AvgIpc) is 3.57. The minimum atomic E-state index is -0.438. The highest BCUT2D eigenvalue weighted by molar-refractivity contribution is 5.89. The maximum Gasteiger partial charge on any atom is 0.321 e. The van der Waals surface area contributed by atoms with Gasteiger partial charge in [-0.3, -0.25) is 4.79 Å². The van der Waals surface area contributed by atoms with Crippen LogP contribution in [0.2, 0.25) is 0 Å². The number of rotatable bonds is 4. The van der Waals surface area contributed by atoms with Crippen molar-refractivity contribution < 1.29 is 18.7 Å². The van der Waals surface area contributed by atoms with E-state index >= 15 is 0 Å². The standard InChI is InChI=1S/C21H28FN3O3/c22-18-3-1-2-4-19(18)23-21(27)24-11-7-16(8-12-24)25(20(26)15-5-6-15)17-9-13-28-14-10-17/h1-4,15-17H,5-14H2,(H,23,27). The van der Waals surface area contributed by atoms with E-state index in [1.807, 2.05) is 0 Å². The number of para-hydroxylation sites is 1. The lowest BCUT2D eigenvalue weighted by Gasteiger charge is -2.43. The molecule has 3 aliphatic rings. The minimum absolute atomic E-state index is 0.175. The quantitative estimate of drug-likeness (QED) is 0.860. The lowest BCUT2D eigenvalue weighted by molar-refractivity contribution is -0.141. The molecule has 0 atom stereocenters. The third-order valence-corrected chi connectivity index (χ3v) is 6.03. The predicted molar refractivity (Wildman–Crippen MR) is 103 cm³/mol. The van der Waals surface area contributed by atoms with Gasteiger partial charge in [-0.05, 0) is 50.7 Å². The van der Waals surface area contributed by atoms with Crippen LogP contribution < -0.4 is 5.32 Å². The number of hydrogen-bond donors (Lipinski definition) is 1.